The first-order chi connectivity index (χ1) is 12.1. The molecule has 3 rings (SSSR count). The standard InChI is InChI=1S/C18H17N3O4/c1-12(25-13-6-3-2-4-7-13)16(22)20-10-11-21-17(23)14-8-5-9-19-15(14)18(21)24/h2-9,12H,10-11H2,1H3,(H,20,22)/t12-/m0/s1. The van der Waals surface area contributed by atoms with Crippen molar-refractivity contribution in [1.82, 2.24) is 15.2 Å². The summed E-state index contributed by atoms with van der Waals surface area (Å²) in [7, 11) is 0. The minimum atomic E-state index is -0.689. The van der Waals surface area contributed by atoms with Crippen molar-refractivity contribution in [3.8, 4) is 5.75 Å². The molecule has 0 unspecified atom stereocenters. The number of pyridine rings is 1. The Balaban J connectivity index is 1.51. The largest absolute Gasteiger partial charge is 0.481 e. The molecular weight excluding hydrogens is 322 g/mol. The van der Waals surface area contributed by atoms with E-state index in [1.165, 1.54) is 6.20 Å². The second-order valence-electron chi connectivity index (χ2n) is 5.53. The molecule has 1 aromatic carbocycles. The van der Waals surface area contributed by atoms with E-state index in [-0.39, 0.29) is 24.7 Å². The maximum absolute atomic E-state index is 12.2. The van der Waals surface area contributed by atoms with Crippen LogP contribution in [0, 0.1) is 0 Å². The van der Waals surface area contributed by atoms with Crippen LogP contribution >= 0.6 is 0 Å². The van der Waals surface area contributed by atoms with E-state index < -0.39 is 17.9 Å². The number of ether oxygens (including phenoxy) is 1. The minimum Gasteiger partial charge on any atom is -0.481 e. The molecule has 1 N–H and O–H groups in total. The number of benzene rings is 1. The number of nitrogens with one attached hydrogen (secondary N) is 1. The number of aromatic nitrogens is 1. The maximum Gasteiger partial charge on any atom is 0.280 e. The lowest BCUT2D eigenvalue weighted by atomic mass is 10.2. The summed E-state index contributed by atoms with van der Waals surface area (Å²) in [5, 5.41) is 2.67. The Labute approximate surface area is 144 Å². The van der Waals surface area contributed by atoms with Crippen LogP contribution in [0.4, 0.5) is 0 Å². The van der Waals surface area contributed by atoms with Gasteiger partial charge in [0.15, 0.2) is 6.10 Å². The summed E-state index contributed by atoms with van der Waals surface area (Å²) in [6.45, 7) is 1.86. The van der Waals surface area contributed by atoms with Gasteiger partial charge in [-0.2, -0.15) is 0 Å². The van der Waals surface area contributed by atoms with Crippen molar-refractivity contribution in [2.75, 3.05) is 13.1 Å². The summed E-state index contributed by atoms with van der Waals surface area (Å²) in [5.41, 5.74) is 0.444. The maximum atomic E-state index is 12.2. The van der Waals surface area contributed by atoms with E-state index in [0.29, 0.717) is 11.3 Å². The third-order valence-corrected chi connectivity index (χ3v) is 3.79. The molecule has 128 valence electrons. The molecule has 0 aliphatic carbocycles. The molecule has 0 spiro atoms. The third kappa shape index (κ3) is 3.50. The van der Waals surface area contributed by atoms with Crippen LogP contribution in [0.5, 0.6) is 5.75 Å². The predicted molar refractivity (Wildman–Crippen MR) is 89.1 cm³/mol. The molecule has 1 aliphatic heterocycles. The van der Waals surface area contributed by atoms with E-state index in [1.54, 1.807) is 31.2 Å². The quantitative estimate of drug-likeness (QED) is 0.801. The lowest BCUT2D eigenvalue weighted by molar-refractivity contribution is -0.127. The van der Waals surface area contributed by atoms with Crippen LogP contribution in [0.2, 0.25) is 0 Å². The summed E-state index contributed by atoms with van der Waals surface area (Å²) in [5.74, 6) is -0.561. The van der Waals surface area contributed by atoms with Crippen LogP contribution in [-0.4, -0.2) is 46.8 Å². The highest BCUT2D eigenvalue weighted by Gasteiger charge is 2.36. The smallest absolute Gasteiger partial charge is 0.280 e. The van der Waals surface area contributed by atoms with E-state index in [9.17, 15) is 14.4 Å². The number of rotatable bonds is 6. The predicted octanol–water partition coefficient (Wildman–Crippen LogP) is 1.26. The van der Waals surface area contributed by atoms with Crippen LogP contribution in [0.15, 0.2) is 48.7 Å². The van der Waals surface area contributed by atoms with Crippen molar-refractivity contribution in [3.05, 3.63) is 59.9 Å². The van der Waals surface area contributed by atoms with E-state index in [4.69, 9.17) is 4.74 Å². The number of fused-ring (bicyclic) bond motifs is 1. The van der Waals surface area contributed by atoms with Crippen LogP contribution in [0.3, 0.4) is 0 Å². The van der Waals surface area contributed by atoms with Gasteiger partial charge in [-0.3, -0.25) is 24.3 Å². The second kappa shape index (κ2) is 7.12. The van der Waals surface area contributed by atoms with E-state index in [2.05, 4.69) is 10.3 Å². The molecule has 1 aromatic heterocycles. The van der Waals surface area contributed by atoms with E-state index >= 15 is 0 Å². The normalized spacial score (nSPS) is 14.2. The van der Waals surface area contributed by atoms with Gasteiger partial charge in [0, 0.05) is 19.3 Å². The summed E-state index contributed by atoms with van der Waals surface area (Å²) < 4.78 is 5.52. The molecule has 1 aliphatic rings. The van der Waals surface area contributed by atoms with Gasteiger partial charge in [0.2, 0.25) is 0 Å². The topological polar surface area (TPSA) is 88.6 Å². The molecule has 3 amide bonds. The number of hydrogen-bond donors (Lipinski definition) is 1. The zero-order chi connectivity index (χ0) is 17.8. The average molecular weight is 339 g/mol. The van der Waals surface area contributed by atoms with Gasteiger partial charge in [0.1, 0.15) is 11.4 Å². The molecule has 2 heterocycles. The molecule has 0 bridgehead atoms. The van der Waals surface area contributed by atoms with Gasteiger partial charge in [0.05, 0.1) is 5.56 Å². The fourth-order valence-electron chi connectivity index (χ4n) is 2.51. The average Bonchev–Trinajstić information content (AvgIpc) is 2.87. The number of hydrogen-bond acceptors (Lipinski definition) is 5. The van der Waals surface area contributed by atoms with Crippen molar-refractivity contribution in [2.45, 2.75) is 13.0 Å². The zero-order valence-electron chi connectivity index (χ0n) is 13.6. The summed E-state index contributed by atoms with van der Waals surface area (Å²) in [4.78, 5) is 41.4. The fraction of sp³-hybridized carbons (Fsp3) is 0.222. The Morgan fingerprint density at radius 2 is 1.92 bits per heavy atom. The minimum absolute atomic E-state index is 0.0812. The highest BCUT2D eigenvalue weighted by atomic mass is 16.5. The Hall–Kier alpha value is -3.22. The van der Waals surface area contributed by atoms with Gasteiger partial charge in [-0.05, 0) is 31.2 Å². The Morgan fingerprint density at radius 1 is 1.16 bits per heavy atom. The van der Waals surface area contributed by atoms with Gasteiger partial charge in [-0.25, -0.2) is 0 Å². The summed E-state index contributed by atoms with van der Waals surface area (Å²) in [6, 6.07) is 12.2. The van der Waals surface area contributed by atoms with Crippen molar-refractivity contribution in [2.24, 2.45) is 0 Å². The second-order valence-corrected chi connectivity index (χ2v) is 5.53. The van der Waals surface area contributed by atoms with Crippen molar-refractivity contribution >= 4 is 17.7 Å². The number of nitrogens with zero attached hydrogens (tertiary/aromatic N) is 2. The van der Waals surface area contributed by atoms with Gasteiger partial charge >= 0.3 is 0 Å². The summed E-state index contributed by atoms with van der Waals surface area (Å²) >= 11 is 0. The van der Waals surface area contributed by atoms with E-state index in [0.717, 1.165) is 4.90 Å². The van der Waals surface area contributed by atoms with Crippen molar-refractivity contribution < 1.29 is 19.1 Å². The number of amides is 3. The molecule has 0 saturated heterocycles. The molecule has 0 radical (unpaired) electrons. The molecule has 0 saturated carbocycles. The highest BCUT2D eigenvalue weighted by molar-refractivity contribution is 6.20. The zero-order valence-corrected chi connectivity index (χ0v) is 13.6. The van der Waals surface area contributed by atoms with Gasteiger partial charge < -0.3 is 10.1 Å². The van der Waals surface area contributed by atoms with Crippen LogP contribution < -0.4 is 10.1 Å². The van der Waals surface area contributed by atoms with Crippen molar-refractivity contribution in [1.29, 1.82) is 0 Å². The molecular formula is C18H17N3O4. The number of carbonyl (C=O) groups is 3. The first kappa shape index (κ1) is 16.6. The molecule has 1 atom stereocenters. The van der Waals surface area contributed by atoms with E-state index in [1.807, 2.05) is 18.2 Å². The van der Waals surface area contributed by atoms with Gasteiger partial charge in [-0.15, -0.1) is 0 Å². The highest BCUT2D eigenvalue weighted by Crippen LogP contribution is 2.19. The lowest BCUT2D eigenvalue weighted by Gasteiger charge is -2.17. The first-order valence-corrected chi connectivity index (χ1v) is 7.88. The number of para-hydroxylation sites is 1. The third-order valence-electron chi connectivity index (χ3n) is 3.79. The van der Waals surface area contributed by atoms with Crippen LogP contribution in [0.1, 0.15) is 27.8 Å². The number of carbonyl (C=O) groups excluding carboxylic acids is 3. The fourth-order valence-corrected chi connectivity index (χ4v) is 2.51. The lowest BCUT2D eigenvalue weighted by Crippen LogP contribution is -2.42. The van der Waals surface area contributed by atoms with Crippen molar-refractivity contribution in [3.63, 3.8) is 0 Å². The molecule has 25 heavy (non-hydrogen) atoms. The first-order valence-electron chi connectivity index (χ1n) is 7.88. The Bertz CT molecular complexity index is 772. The van der Waals surface area contributed by atoms with Gasteiger partial charge in [-0.1, -0.05) is 18.2 Å². The molecule has 2 aromatic rings. The SMILES string of the molecule is C[C@H](Oc1ccccc1)C(=O)NCCN1C(=O)c2cccnc2C1=O. The molecule has 0 fully saturated rings. The Kier molecular flexibility index (Phi) is 4.74. The monoisotopic (exact) mass is 339 g/mol. The van der Waals surface area contributed by atoms with Crippen LogP contribution in [-0.2, 0) is 4.79 Å². The summed E-state index contributed by atoms with van der Waals surface area (Å²) in [6.07, 6.45) is 0.781. The Morgan fingerprint density at radius 3 is 2.64 bits per heavy atom. The number of imide groups is 1. The van der Waals surface area contributed by atoms with Gasteiger partial charge in [0.25, 0.3) is 17.7 Å². The van der Waals surface area contributed by atoms with Crippen LogP contribution in [0.25, 0.3) is 0 Å². The molecule has 7 nitrogen and oxygen atoms in total. The molecule has 7 heteroatoms.